The van der Waals surface area contributed by atoms with Crippen LogP contribution in [0.15, 0.2) is 29.2 Å². The summed E-state index contributed by atoms with van der Waals surface area (Å²) in [6.45, 7) is 5.59. The molecule has 0 saturated heterocycles. The van der Waals surface area contributed by atoms with Crippen LogP contribution in [-0.4, -0.2) is 23.3 Å². The van der Waals surface area contributed by atoms with E-state index in [4.69, 9.17) is 10.5 Å². The first kappa shape index (κ1) is 12.9. The summed E-state index contributed by atoms with van der Waals surface area (Å²) in [6, 6.07) is 5.10. The third-order valence-corrected chi connectivity index (χ3v) is 2.62. The maximum absolute atomic E-state index is 11.3. The van der Waals surface area contributed by atoms with Gasteiger partial charge < -0.3 is 15.0 Å². The zero-order valence-electron chi connectivity index (χ0n) is 9.98. The SMILES string of the molecule is CCC(C)(N)COCCn1ccccc1=O. The van der Waals surface area contributed by atoms with E-state index in [0.29, 0.717) is 19.8 Å². The number of nitrogens with zero attached hydrogens (tertiary/aromatic N) is 1. The van der Waals surface area contributed by atoms with Gasteiger partial charge in [0.2, 0.25) is 0 Å². The molecule has 1 rings (SSSR count). The van der Waals surface area contributed by atoms with Crippen molar-refractivity contribution in [1.82, 2.24) is 4.57 Å². The second kappa shape index (κ2) is 5.82. The Morgan fingerprint density at radius 1 is 1.50 bits per heavy atom. The third kappa shape index (κ3) is 4.16. The van der Waals surface area contributed by atoms with Crippen molar-refractivity contribution in [2.45, 2.75) is 32.4 Å². The van der Waals surface area contributed by atoms with Gasteiger partial charge in [-0.05, 0) is 19.4 Å². The highest BCUT2D eigenvalue weighted by atomic mass is 16.5. The first-order valence-electron chi connectivity index (χ1n) is 5.57. The van der Waals surface area contributed by atoms with E-state index in [1.54, 1.807) is 22.9 Å². The van der Waals surface area contributed by atoms with Crippen LogP contribution in [0.4, 0.5) is 0 Å². The second-order valence-corrected chi connectivity index (χ2v) is 4.29. The lowest BCUT2D eigenvalue weighted by atomic mass is 10.0. The highest BCUT2D eigenvalue weighted by Gasteiger charge is 2.15. The summed E-state index contributed by atoms with van der Waals surface area (Å²) < 4.78 is 7.09. The molecule has 90 valence electrons. The van der Waals surface area contributed by atoms with E-state index in [0.717, 1.165) is 6.42 Å². The predicted molar refractivity (Wildman–Crippen MR) is 64.4 cm³/mol. The summed E-state index contributed by atoms with van der Waals surface area (Å²) in [7, 11) is 0. The largest absolute Gasteiger partial charge is 0.378 e. The minimum atomic E-state index is -0.276. The van der Waals surface area contributed by atoms with E-state index < -0.39 is 0 Å². The molecular weight excluding hydrogens is 204 g/mol. The summed E-state index contributed by atoms with van der Waals surface area (Å²) in [5.74, 6) is 0. The van der Waals surface area contributed by atoms with Crippen LogP contribution in [0, 0.1) is 0 Å². The third-order valence-electron chi connectivity index (χ3n) is 2.62. The van der Waals surface area contributed by atoms with Gasteiger partial charge in [0.1, 0.15) is 0 Å². The van der Waals surface area contributed by atoms with E-state index in [1.165, 1.54) is 0 Å². The van der Waals surface area contributed by atoms with E-state index in [1.807, 2.05) is 19.9 Å². The van der Waals surface area contributed by atoms with Gasteiger partial charge in [-0.2, -0.15) is 0 Å². The van der Waals surface area contributed by atoms with Gasteiger partial charge >= 0.3 is 0 Å². The molecule has 0 saturated carbocycles. The van der Waals surface area contributed by atoms with E-state index in [-0.39, 0.29) is 11.1 Å². The lowest BCUT2D eigenvalue weighted by Crippen LogP contribution is -2.40. The molecule has 16 heavy (non-hydrogen) atoms. The summed E-state index contributed by atoms with van der Waals surface area (Å²) >= 11 is 0. The fourth-order valence-corrected chi connectivity index (χ4v) is 1.22. The minimum Gasteiger partial charge on any atom is -0.378 e. The van der Waals surface area contributed by atoms with Gasteiger partial charge in [0, 0.05) is 24.3 Å². The van der Waals surface area contributed by atoms with Gasteiger partial charge in [-0.15, -0.1) is 0 Å². The van der Waals surface area contributed by atoms with Crippen LogP contribution in [0.25, 0.3) is 0 Å². The molecule has 1 aromatic rings. The number of rotatable bonds is 6. The molecule has 4 heteroatoms. The van der Waals surface area contributed by atoms with Crippen LogP contribution in [0.1, 0.15) is 20.3 Å². The number of ether oxygens (including phenoxy) is 1. The summed E-state index contributed by atoms with van der Waals surface area (Å²) in [5, 5.41) is 0. The maximum atomic E-state index is 11.3. The van der Waals surface area contributed by atoms with Crippen molar-refractivity contribution in [3.05, 3.63) is 34.7 Å². The van der Waals surface area contributed by atoms with Crippen molar-refractivity contribution in [3.63, 3.8) is 0 Å². The monoisotopic (exact) mass is 224 g/mol. The Labute approximate surface area is 96.0 Å². The molecule has 0 amide bonds. The topological polar surface area (TPSA) is 57.2 Å². The smallest absolute Gasteiger partial charge is 0.250 e. The average molecular weight is 224 g/mol. The van der Waals surface area contributed by atoms with E-state index in [9.17, 15) is 4.79 Å². The first-order valence-corrected chi connectivity index (χ1v) is 5.57. The lowest BCUT2D eigenvalue weighted by molar-refractivity contribution is 0.0833. The molecule has 1 heterocycles. The Morgan fingerprint density at radius 3 is 2.88 bits per heavy atom. The highest BCUT2D eigenvalue weighted by molar-refractivity contribution is 4.92. The van der Waals surface area contributed by atoms with Crippen LogP contribution >= 0.6 is 0 Å². The van der Waals surface area contributed by atoms with Crippen molar-refractivity contribution in [2.24, 2.45) is 5.73 Å². The Bertz CT molecular complexity index is 371. The number of hydrogen-bond donors (Lipinski definition) is 1. The molecule has 0 spiro atoms. The molecule has 1 atom stereocenters. The quantitative estimate of drug-likeness (QED) is 0.733. The van der Waals surface area contributed by atoms with E-state index >= 15 is 0 Å². The van der Waals surface area contributed by atoms with E-state index in [2.05, 4.69) is 0 Å². The zero-order valence-corrected chi connectivity index (χ0v) is 9.98. The predicted octanol–water partition coefficient (Wildman–Crippen LogP) is 0.992. The first-order chi connectivity index (χ1) is 7.55. The average Bonchev–Trinajstić information content (AvgIpc) is 2.27. The molecule has 0 fully saturated rings. The molecule has 0 radical (unpaired) electrons. The normalized spacial score (nSPS) is 14.7. The van der Waals surface area contributed by atoms with Crippen molar-refractivity contribution >= 4 is 0 Å². The number of hydrogen-bond acceptors (Lipinski definition) is 3. The lowest BCUT2D eigenvalue weighted by Gasteiger charge is -2.22. The number of aromatic nitrogens is 1. The molecule has 2 N–H and O–H groups in total. The molecular formula is C12H20N2O2. The van der Waals surface area contributed by atoms with Gasteiger partial charge in [-0.3, -0.25) is 4.79 Å². The van der Waals surface area contributed by atoms with Crippen molar-refractivity contribution < 1.29 is 4.74 Å². The fourth-order valence-electron chi connectivity index (χ4n) is 1.22. The van der Waals surface area contributed by atoms with Gasteiger partial charge in [0.25, 0.3) is 5.56 Å². The Balaban J connectivity index is 2.32. The zero-order chi connectivity index (χ0) is 12.0. The Kier molecular flexibility index (Phi) is 4.71. The highest BCUT2D eigenvalue weighted by Crippen LogP contribution is 2.04. The molecule has 0 aromatic carbocycles. The summed E-state index contributed by atoms with van der Waals surface area (Å²) in [5.41, 5.74) is 5.65. The molecule has 0 aliphatic carbocycles. The summed E-state index contributed by atoms with van der Waals surface area (Å²) in [6.07, 6.45) is 2.63. The molecule has 4 nitrogen and oxygen atoms in total. The standard InChI is InChI=1S/C12H20N2O2/c1-3-12(2,13)10-16-9-8-14-7-5-4-6-11(14)15/h4-7H,3,8-10,13H2,1-2H3. The fraction of sp³-hybridized carbons (Fsp3) is 0.583. The number of pyridine rings is 1. The van der Waals surface area contributed by atoms with Crippen molar-refractivity contribution in [2.75, 3.05) is 13.2 Å². The molecule has 0 aliphatic heterocycles. The van der Waals surface area contributed by atoms with Crippen LogP contribution < -0.4 is 11.3 Å². The second-order valence-electron chi connectivity index (χ2n) is 4.29. The van der Waals surface area contributed by atoms with Crippen LogP contribution in [0.3, 0.4) is 0 Å². The molecule has 0 aliphatic rings. The van der Waals surface area contributed by atoms with Crippen LogP contribution in [0.5, 0.6) is 0 Å². The van der Waals surface area contributed by atoms with Gasteiger partial charge in [0.15, 0.2) is 0 Å². The van der Waals surface area contributed by atoms with Gasteiger partial charge in [-0.1, -0.05) is 13.0 Å². The van der Waals surface area contributed by atoms with Gasteiger partial charge in [-0.25, -0.2) is 0 Å². The minimum absolute atomic E-state index is 0.00268. The Hall–Kier alpha value is -1.13. The number of nitrogens with two attached hydrogens (primary N) is 1. The molecule has 1 aromatic heterocycles. The molecule has 0 bridgehead atoms. The molecule has 1 unspecified atom stereocenters. The van der Waals surface area contributed by atoms with Crippen molar-refractivity contribution in [1.29, 1.82) is 0 Å². The van der Waals surface area contributed by atoms with Gasteiger partial charge in [0.05, 0.1) is 13.2 Å². The Morgan fingerprint density at radius 2 is 2.25 bits per heavy atom. The van der Waals surface area contributed by atoms with Crippen molar-refractivity contribution in [3.8, 4) is 0 Å². The van der Waals surface area contributed by atoms with Crippen LogP contribution in [-0.2, 0) is 11.3 Å². The summed E-state index contributed by atoms with van der Waals surface area (Å²) in [4.78, 5) is 11.3. The van der Waals surface area contributed by atoms with Crippen LogP contribution in [0.2, 0.25) is 0 Å². The maximum Gasteiger partial charge on any atom is 0.250 e.